The van der Waals surface area contributed by atoms with E-state index in [1.54, 1.807) is 6.20 Å². The van der Waals surface area contributed by atoms with Crippen LogP contribution in [0.1, 0.15) is 61.4 Å². The predicted octanol–water partition coefficient (Wildman–Crippen LogP) is 4.36. The van der Waals surface area contributed by atoms with Crippen molar-refractivity contribution >= 4 is 5.91 Å². The second-order valence-electron chi connectivity index (χ2n) is 8.24. The van der Waals surface area contributed by atoms with Gasteiger partial charge in [0.1, 0.15) is 0 Å². The van der Waals surface area contributed by atoms with E-state index in [2.05, 4.69) is 29.1 Å². The van der Waals surface area contributed by atoms with E-state index in [0.717, 1.165) is 37.5 Å². The average molecular weight is 351 g/mol. The maximum absolute atomic E-state index is 13.1. The summed E-state index contributed by atoms with van der Waals surface area (Å²) in [6, 6.07) is 9.99. The van der Waals surface area contributed by atoms with E-state index in [4.69, 9.17) is 0 Å². The summed E-state index contributed by atoms with van der Waals surface area (Å²) in [7, 11) is 0. The van der Waals surface area contributed by atoms with Gasteiger partial charge in [-0.15, -0.1) is 0 Å². The van der Waals surface area contributed by atoms with E-state index >= 15 is 0 Å². The van der Waals surface area contributed by atoms with Crippen molar-refractivity contribution in [1.29, 1.82) is 0 Å². The molecule has 2 fully saturated rings. The van der Waals surface area contributed by atoms with Crippen molar-refractivity contribution in [3.05, 3.63) is 53.9 Å². The number of hydrogen-bond acceptors (Lipinski definition) is 2. The third-order valence-corrected chi connectivity index (χ3v) is 6.62. The first-order valence-corrected chi connectivity index (χ1v) is 10.0. The van der Waals surface area contributed by atoms with E-state index in [0.29, 0.717) is 5.41 Å². The Balaban J connectivity index is 1.45. The maximum atomic E-state index is 13.1. The lowest BCUT2D eigenvalue weighted by Crippen LogP contribution is -2.51. The van der Waals surface area contributed by atoms with E-state index in [1.807, 2.05) is 29.1 Å². The number of amides is 1. The summed E-state index contributed by atoms with van der Waals surface area (Å²) in [6.07, 6.45) is 11.5. The molecule has 1 aromatic heterocycles. The summed E-state index contributed by atoms with van der Waals surface area (Å²) < 4.78 is 1.90. The van der Waals surface area contributed by atoms with Crippen molar-refractivity contribution in [3.63, 3.8) is 0 Å². The van der Waals surface area contributed by atoms with Crippen LogP contribution in [0.4, 0.5) is 0 Å². The molecule has 138 valence electrons. The quantitative estimate of drug-likeness (QED) is 0.824. The van der Waals surface area contributed by atoms with Gasteiger partial charge < -0.3 is 4.90 Å². The van der Waals surface area contributed by atoms with Crippen molar-refractivity contribution < 1.29 is 4.79 Å². The molecule has 0 N–H and O–H groups in total. The molecule has 26 heavy (non-hydrogen) atoms. The zero-order valence-electron chi connectivity index (χ0n) is 15.7. The Bertz CT molecular complexity index is 729. The minimum atomic E-state index is 0.201. The predicted molar refractivity (Wildman–Crippen MR) is 103 cm³/mol. The minimum Gasteiger partial charge on any atom is -0.338 e. The fraction of sp³-hybridized carbons (Fsp3) is 0.545. The molecule has 4 rings (SSSR count). The third-order valence-electron chi connectivity index (χ3n) is 6.62. The van der Waals surface area contributed by atoms with E-state index < -0.39 is 0 Å². The lowest BCUT2D eigenvalue weighted by Gasteiger charge is -2.49. The van der Waals surface area contributed by atoms with Crippen molar-refractivity contribution in [2.45, 2.75) is 52.0 Å². The summed E-state index contributed by atoms with van der Waals surface area (Å²) in [6.45, 7) is 4.99. The van der Waals surface area contributed by atoms with Gasteiger partial charge in [0.2, 0.25) is 0 Å². The van der Waals surface area contributed by atoms with Crippen LogP contribution in [-0.2, 0) is 6.54 Å². The molecule has 4 heteroatoms. The van der Waals surface area contributed by atoms with E-state index in [9.17, 15) is 4.79 Å². The number of benzene rings is 1. The molecule has 1 spiro atoms. The molecule has 1 unspecified atom stereocenters. The first-order chi connectivity index (χ1) is 12.7. The number of carbonyl (C=O) groups is 1. The van der Waals surface area contributed by atoms with Gasteiger partial charge in [0.05, 0.1) is 6.54 Å². The normalized spacial score (nSPS) is 22.5. The monoisotopic (exact) mass is 351 g/mol. The summed E-state index contributed by atoms with van der Waals surface area (Å²) in [5.41, 5.74) is 2.35. The van der Waals surface area contributed by atoms with Gasteiger partial charge in [0.15, 0.2) is 0 Å². The first kappa shape index (κ1) is 17.3. The highest BCUT2D eigenvalue weighted by Gasteiger charge is 2.42. The molecule has 2 heterocycles. The van der Waals surface area contributed by atoms with Gasteiger partial charge in [0, 0.05) is 31.0 Å². The van der Waals surface area contributed by atoms with Crippen molar-refractivity contribution in [1.82, 2.24) is 14.7 Å². The van der Waals surface area contributed by atoms with Gasteiger partial charge in [-0.05, 0) is 54.4 Å². The lowest BCUT2D eigenvalue weighted by atomic mass is 9.63. The number of rotatable bonds is 3. The van der Waals surface area contributed by atoms with Gasteiger partial charge in [-0.3, -0.25) is 9.48 Å². The molecule has 4 nitrogen and oxygen atoms in total. The Hall–Kier alpha value is -2.10. The molecule has 2 aromatic rings. The van der Waals surface area contributed by atoms with Gasteiger partial charge >= 0.3 is 0 Å². The van der Waals surface area contributed by atoms with Crippen molar-refractivity contribution in [3.8, 4) is 0 Å². The average Bonchev–Trinajstić information content (AvgIpc) is 3.18. The third kappa shape index (κ3) is 3.42. The number of likely N-dealkylation sites (tertiary alicyclic amines) is 1. The van der Waals surface area contributed by atoms with Gasteiger partial charge in [-0.1, -0.05) is 38.3 Å². The van der Waals surface area contributed by atoms with Crippen LogP contribution in [0, 0.1) is 11.3 Å². The highest BCUT2D eigenvalue weighted by molar-refractivity contribution is 5.94. The lowest BCUT2D eigenvalue weighted by molar-refractivity contribution is 0.00683. The highest BCUT2D eigenvalue weighted by atomic mass is 16.2. The zero-order chi connectivity index (χ0) is 18.0. The summed E-state index contributed by atoms with van der Waals surface area (Å²) in [4.78, 5) is 15.2. The van der Waals surface area contributed by atoms with E-state index in [1.165, 1.54) is 37.7 Å². The zero-order valence-corrected chi connectivity index (χ0v) is 15.7. The first-order valence-electron chi connectivity index (χ1n) is 10.0. The van der Waals surface area contributed by atoms with Crippen LogP contribution < -0.4 is 0 Å². The van der Waals surface area contributed by atoms with Crippen LogP contribution in [0.15, 0.2) is 42.7 Å². The Morgan fingerprint density at radius 2 is 1.96 bits per heavy atom. The fourth-order valence-corrected chi connectivity index (χ4v) is 4.87. The summed E-state index contributed by atoms with van der Waals surface area (Å²) in [5.74, 6) is 0.941. The van der Waals surface area contributed by atoms with Crippen LogP contribution in [0.5, 0.6) is 0 Å². The number of carbonyl (C=O) groups excluding carboxylic acids is 1. The SMILES string of the molecule is CC1CCN(C(=O)c2ccc(Cn3cccn3)cc2)CC12CCCCC2. The van der Waals surface area contributed by atoms with Crippen LogP contribution in [0.25, 0.3) is 0 Å². The topological polar surface area (TPSA) is 38.1 Å². The molecule has 1 aliphatic carbocycles. The van der Waals surface area contributed by atoms with Crippen LogP contribution in [0.2, 0.25) is 0 Å². The van der Waals surface area contributed by atoms with Crippen molar-refractivity contribution in [2.24, 2.45) is 11.3 Å². The molecule has 1 atom stereocenters. The molecule has 1 aromatic carbocycles. The Kier molecular flexibility index (Phi) is 4.84. The van der Waals surface area contributed by atoms with Gasteiger partial charge in [-0.2, -0.15) is 5.10 Å². The number of piperidine rings is 1. The molecule has 1 aliphatic heterocycles. The van der Waals surface area contributed by atoms with Gasteiger partial charge in [0.25, 0.3) is 5.91 Å². The largest absolute Gasteiger partial charge is 0.338 e. The Morgan fingerprint density at radius 1 is 1.19 bits per heavy atom. The molecule has 1 amide bonds. The Morgan fingerprint density at radius 3 is 2.65 bits per heavy atom. The molecule has 1 saturated carbocycles. The molecular formula is C22H29N3O. The second-order valence-corrected chi connectivity index (χ2v) is 8.24. The highest BCUT2D eigenvalue weighted by Crippen LogP contribution is 2.47. The minimum absolute atomic E-state index is 0.201. The Labute approximate surface area is 156 Å². The van der Waals surface area contributed by atoms with Crippen molar-refractivity contribution in [2.75, 3.05) is 13.1 Å². The maximum Gasteiger partial charge on any atom is 0.253 e. The number of nitrogens with zero attached hydrogens (tertiary/aromatic N) is 3. The molecule has 0 radical (unpaired) electrons. The second kappa shape index (κ2) is 7.26. The van der Waals surface area contributed by atoms with E-state index in [-0.39, 0.29) is 5.91 Å². The number of hydrogen-bond donors (Lipinski definition) is 0. The summed E-state index contributed by atoms with van der Waals surface area (Å²) >= 11 is 0. The van der Waals surface area contributed by atoms with Crippen LogP contribution in [-0.4, -0.2) is 33.7 Å². The molecule has 1 saturated heterocycles. The molecule has 2 aliphatic rings. The standard InChI is InChI=1S/C22H29N3O/c1-18-10-15-24(17-22(18)11-3-2-4-12-22)21(26)20-8-6-19(7-9-20)16-25-14-5-13-23-25/h5-9,13-14,18H,2-4,10-12,15-17H2,1H3. The van der Waals surface area contributed by atoms with Crippen LogP contribution >= 0.6 is 0 Å². The summed E-state index contributed by atoms with van der Waals surface area (Å²) in [5, 5.41) is 4.24. The van der Waals surface area contributed by atoms with Crippen LogP contribution in [0.3, 0.4) is 0 Å². The molecule has 0 bridgehead atoms. The van der Waals surface area contributed by atoms with Gasteiger partial charge in [-0.25, -0.2) is 0 Å². The smallest absolute Gasteiger partial charge is 0.253 e. The molecular weight excluding hydrogens is 322 g/mol. The fourth-order valence-electron chi connectivity index (χ4n) is 4.87. The number of aromatic nitrogens is 2.